The molecule has 1 unspecified atom stereocenters. The zero-order valence-corrected chi connectivity index (χ0v) is 21.8. The van der Waals surface area contributed by atoms with E-state index in [1.165, 1.54) is 6.08 Å². The smallest absolute Gasteiger partial charge is 0.246 e. The van der Waals surface area contributed by atoms with Crippen molar-refractivity contribution >= 4 is 24.1 Å². The van der Waals surface area contributed by atoms with Crippen LogP contribution in [0, 0.1) is 5.41 Å². The summed E-state index contributed by atoms with van der Waals surface area (Å²) in [5.74, 6) is 2.18. The number of pyridine rings is 1. The molecule has 2 aromatic rings. The number of carbonyl (C=O) groups is 2. The largest absolute Gasteiger partial charge is 0.493 e. The average Bonchev–Trinajstić information content (AvgIpc) is 2.88. The van der Waals surface area contributed by atoms with Gasteiger partial charge in [-0.05, 0) is 51.0 Å². The number of ether oxygens (including phenoxy) is 3. The van der Waals surface area contributed by atoms with Gasteiger partial charge in [0.15, 0.2) is 23.1 Å². The van der Waals surface area contributed by atoms with Gasteiger partial charge in [0.05, 0.1) is 25.2 Å². The standard InChI is InChI=1S/C27H37N3O5/c1-8-14-34-25-21(10-9-11-22(25)33-7)19(2)30(6)24(32)13-12-20-15-23(26(28-5)29-16-20)35-18-27(3,4)17-31/h9-13,15-17,19H,8,14,18H2,1-7H3,(H,28,29)/b13-12+. The lowest BCUT2D eigenvalue weighted by Gasteiger charge is -2.26. The van der Waals surface area contributed by atoms with E-state index in [1.54, 1.807) is 58.3 Å². The molecule has 190 valence electrons. The number of hydrogen-bond acceptors (Lipinski definition) is 7. The molecule has 0 aliphatic rings. The van der Waals surface area contributed by atoms with Crippen molar-refractivity contribution in [1.29, 1.82) is 0 Å². The molecule has 8 heteroatoms. The number of aldehydes is 1. The number of amides is 1. The van der Waals surface area contributed by atoms with Gasteiger partial charge in [-0.2, -0.15) is 0 Å². The lowest BCUT2D eigenvalue weighted by molar-refractivity contribution is -0.126. The van der Waals surface area contributed by atoms with E-state index in [0.29, 0.717) is 35.2 Å². The van der Waals surface area contributed by atoms with Crippen LogP contribution in [0.1, 0.15) is 51.3 Å². The Morgan fingerprint density at radius 2 is 2.00 bits per heavy atom. The molecular formula is C27H37N3O5. The van der Waals surface area contributed by atoms with Crippen molar-refractivity contribution in [3.63, 3.8) is 0 Å². The van der Waals surface area contributed by atoms with E-state index in [1.807, 2.05) is 32.0 Å². The monoisotopic (exact) mass is 483 g/mol. The minimum atomic E-state index is -0.620. The van der Waals surface area contributed by atoms with Crippen LogP contribution in [-0.4, -0.2) is 56.5 Å². The molecule has 35 heavy (non-hydrogen) atoms. The van der Waals surface area contributed by atoms with Crippen molar-refractivity contribution in [3.05, 3.63) is 47.7 Å². The fraction of sp³-hybridized carbons (Fsp3) is 0.444. The molecule has 2 rings (SSSR count). The van der Waals surface area contributed by atoms with Crippen LogP contribution in [0.3, 0.4) is 0 Å². The zero-order valence-electron chi connectivity index (χ0n) is 21.8. The van der Waals surface area contributed by atoms with Gasteiger partial charge in [-0.25, -0.2) is 4.98 Å². The first kappa shape index (κ1) is 27.7. The second-order valence-electron chi connectivity index (χ2n) is 8.95. The summed E-state index contributed by atoms with van der Waals surface area (Å²) in [6.07, 6.45) is 6.56. The van der Waals surface area contributed by atoms with Crippen LogP contribution in [0.25, 0.3) is 6.08 Å². The SMILES string of the molecule is CCCOc1c(OC)cccc1C(C)N(C)C(=O)/C=C/c1cnc(NC)c(OCC(C)(C)C=O)c1. The van der Waals surface area contributed by atoms with E-state index in [2.05, 4.69) is 10.3 Å². The van der Waals surface area contributed by atoms with E-state index in [4.69, 9.17) is 14.2 Å². The molecule has 0 bridgehead atoms. The first-order valence-electron chi connectivity index (χ1n) is 11.7. The van der Waals surface area contributed by atoms with Gasteiger partial charge in [-0.1, -0.05) is 19.1 Å². The van der Waals surface area contributed by atoms with E-state index < -0.39 is 5.41 Å². The van der Waals surface area contributed by atoms with Crippen LogP contribution in [-0.2, 0) is 9.59 Å². The molecule has 0 spiro atoms. The lowest BCUT2D eigenvalue weighted by Crippen LogP contribution is -2.28. The maximum Gasteiger partial charge on any atom is 0.246 e. The predicted molar refractivity (Wildman–Crippen MR) is 138 cm³/mol. The van der Waals surface area contributed by atoms with Crippen LogP contribution in [0.15, 0.2) is 36.5 Å². The fourth-order valence-corrected chi connectivity index (χ4v) is 3.21. The summed E-state index contributed by atoms with van der Waals surface area (Å²) in [6.45, 7) is 8.35. The van der Waals surface area contributed by atoms with Gasteiger partial charge < -0.3 is 29.2 Å². The minimum absolute atomic E-state index is 0.177. The molecule has 0 saturated heterocycles. The van der Waals surface area contributed by atoms with Crippen molar-refractivity contribution in [2.75, 3.05) is 39.7 Å². The molecule has 1 amide bonds. The molecule has 1 heterocycles. The molecule has 0 radical (unpaired) electrons. The first-order valence-corrected chi connectivity index (χ1v) is 11.7. The third kappa shape index (κ3) is 7.47. The number of benzene rings is 1. The quantitative estimate of drug-likeness (QED) is 0.325. The van der Waals surface area contributed by atoms with Crippen LogP contribution in [0.2, 0.25) is 0 Å². The van der Waals surface area contributed by atoms with Gasteiger partial charge in [0.1, 0.15) is 12.9 Å². The Morgan fingerprint density at radius 3 is 2.63 bits per heavy atom. The Morgan fingerprint density at radius 1 is 1.26 bits per heavy atom. The third-order valence-corrected chi connectivity index (χ3v) is 5.51. The Bertz CT molecular complexity index is 1040. The Hall–Kier alpha value is -3.55. The molecule has 8 nitrogen and oxygen atoms in total. The van der Waals surface area contributed by atoms with Crippen LogP contribution in [0.4, 0.5) is 5.82 Å². The molecule has 0 fully saturated rings. The number of nitrogens with one attached hydrogen (secondary N) is 1. The van der Waals surface area contributed by atoms with E-state index in [0.717, 1.165) is 18.3 Å². The highest BCUT2D eigenvalue weighted by atomic mass is 16.5. The predicted octanol–water partition coefficient (Wildman–Crippen LogP) is 4.76. The normalized spacial score (nSPS) is 12.2. The Balaban J connectivity index is 2.20. The third-order valence-electron chi connectivity index (χ3n) is 5.51. The Kier molecular flexibility index (Phi) is 10.1. The first-order chi connectivity index (χ1) is 16.7. The molecule has 1 atom stereocenters. The number of aromatic nitrogens is 1. The Labute approximate surface area is 208 Å². The van der Waals surface area contributed by atoms with E-state index in [-0.39, 0.29) is 18.6 Å². The van der Waals surface area contributed by atoms with E-state index in [9.17, 15) is 9.59 Å². The molecule has 0 saturated carbocycles. The molecule has 1 aromatic carbocycles. The zero-order chi connectivity index (χ0) is 26.0. The summed E-state index contributed by atoms with van der Waals surface area (Å²) in [5.41, 5.74) is 0.951. The van der Waals surface area contributed by atoms with Crippen molar-refractivity contribution in [3.8, 4) is 17.2 Å². The maximum atomic E-state index is 13.0. The second kappa shape index (κ2) is 12.8. The lowest BCUT2D eigenvalue weighted by atomic mass is 9.98. The van der Waals surface area contributed by atoms with Crippen molar-refractivity contribution in [2.24, 2.45) is 5.41 Å². The number of hydrogen-bond donors (Lipinski definition) is 1. The summed E-state index contributed by atoms with van der Waals surface area (Å²) in [7, 11) is 5.09. The van der Waals surface area contributed by atoms with Gasteiger partial charge >= 0.3 is 0 Å². The molecule has 1 N–H and O–H groups in total. The summed E-state index contributed by atoms with van der Waals surface area (Å²) in [4.78, 5) is 30.2. The summed E-state index contributed by atoms with van der Waals surface area (Å²) in [5, 5.41) is 2.98. The number of methoxy groups -OCH3 is 1. The number of anilines is 1. The molecule has 0 aliphatic carbocycles. The van der Waals surface area contributed by atoms with Gasteiger partial charge in [-0.15, -0.1) is 0 Å². The summed E-state index contributed by atoms with van der Waals surface area (Å²) < 4.78 is 17.2. The average molecular weight is 484 g/mol. The maximum absolute atomic E-state index is 13.0. The van der Waals surface area contributed by atoms with Crippen LogP contribution in [0.5, 0.6) is 17.2 Å². The fourth-order valence-electron chi connectivity index (χ4n) is 3.21. The molecule has 0 aliphatic heterocycles. The van der Waals surface area contributed by atoms with Gasteiger partial charge in [-0.3, -0.25) is 4.79 Å². The van der Waals surface area contributed by atoms with Crippen molar-refractivity contribution in [1.82, 2.24) is 9.88 Å². The molecule has 1 aromatic heterocycles. The number of carbonyl (C=O) groups excluding carboxylic acids is 2. The number of nitrogens with zero attached hydrogens (tertiary/aromatic N) is 2. The van der Waals surface area contributed by atoms with Crippen LogP contribution < -0.4 is 19.5 Å². The highest BCUT2D eigenvalue weighted by Gasteiger charge is 2.22. The highest BCUT2D eigenvalue weighted by Crippen LogP contribution is 2.37. The van der Waals surface area contributed by atoms with Gasteiger partial charge in [0.25, 0.3) is 0 Å². The van der Waals surface area contributed by atoms with Crippen molar-refractivity contribution in [2.45, 2.75) is 40.2 Å². The topological polar surface area (TPSA) is 90.0 Å². The number of likely N-dealkylation sites (N-methyl/N-ethyl adjacent to an activating group) is 1. The highest BCUT2D eigenvalue weighted by molar-refractivity contribution is 5.92. The van der Waals surface area contributed by atoms with Gasteiger partial charge in [0, 0.05) is 31.9 Å². The van der Waals surface area contributed by atoms with Crippen molar-refractivity contribution < 1.29 is 23.8 Å². The number of para-hydroxylation sites is 1. The van der Waals surface area contributed by atoms with Gasteiger partial charge in [0.2, 0.25) is 5.91 Å². The van der Waals surface area contributed by atoms with Crippen LogP contribution >= 0.6 is 0 Å². The second-order valence-corrected chi connectivity index (χ2v) is 8.95. The summed E-state index contributed by atoms with van der Waals surface area (Å²) >= 11 is 0. The minimum Gasteiger partial charge on any atom is -0.493 e. The number of rotatable bonds is 13. The van der Waals surface area contributed by atoms with E-state index >= 15 is 0 Å². The summed E-state index contributed by atoms with van der Waals surface area (Å²) in [6, 6.07) is 7.21. The molecular weight excluding hydrogens is 446 g/mol.